The molecule has 10 aromatic carbocycles. The molecule has 0 aliphatic rings. The van der Waals surface area contributed by atoms with Crippen LogP contribution >= 0.6 is 0 Å². The van der Waals surface area contributed by atoms with Gasteiger partial charge in [0.25, 0.3) is 0 Å². The molecule has 62 heavy (non-hydrogen) atoms. The third-order valence-corrected chi connectivity index (χ3v) is 12.5. The van der Waals surface area contributed by atoms with Crippen molar-refractivity contribution in [1.82, 2.24) is 9.97 Å². The molecule has 0 atom stereocenters. The lowest BCUT2D eigenvalue weighted by atomic mass is 9.91. The highest BCUT2D eigenvalue weighted by molar-refractivity contribution is 6.23. The monoisotopic (exact) mass is 790 g/mol. The molecule has 0 fully saturated rings. The Labute approximate surface area is 356 Å². The normalized spacial score (nSPS) is 11.9. The maximum atomic E-state index is 6.99. The number of hydrogen-bond acceptors (Lipinski definition) is 4. The molecular formula is C58H34N2O2. The molecule has 0 radical (unpaired) electrons. The number of rotatable bonds is 5. The van der Waals surface area contributed by atoms with Gasteiger partial charge in [-0.3, -0.25) is 4.98 Å². The predicted molar refractivity (Wildman–Crippen MR) is 256 cm³/mol. The molecule has 0 saturated heterocycles. The summed E-state index contributed by atoms with van der Waals surface area (Å²) in [6.45, 7) is 0. The molecule has 288 valence electrons. The summed E-state index contributed by atoms with van der Waals surface area (Å²) in [6.07, 6.45) is 1.94. The van der Waals surface area contributed by atoms with Gasteiger partial charge in [-0.2, -0.15) is 0 Å². The molecule has 13 aromatic rings. The minimum absolute atomic E-state index is 0.774. The van der Waals surface area contributed by atoms with Crippen LogP contribution in [0, 0.1) is 0 Å². The number of aromatic nitrogens is 2. The van der Waals surface area contributed by atoms with Crippen molar-refractivity contribution in [2.75, 3.05) is 0 Å². The molecule has 0 aliphatic heterocycles. The molecule has 0 bridgehead atoms. The van der Waals surface area contributed by atoms with E-state index in [1.54, 1.807) is 0 Å². The summed E-state index contributed by atoms with van der Waals surface area (Å²) in [6, 6.07) is 70.3. The van der Waals surface area contributed by atoms with E-state index in [1.165, 1.54) is 5.39 Å². The fraction of sp³-hybridized carbons (Fsp3) is 0. The van der Waals surface area contributed by atoms with E-state index < -0.39 is 0 Å². The molecule has 0 amide bonds. The van der Waals surface area contributed by atoms with Crippen molar-refractivity contribution in [1.29, 1.82) is 0 Å². The van der Waals surface area contributed by atoms with Crippen LogP contribution in [0.2, 0.25) is 0 Å². The lowest BCUT2D eigenvalue weighted by Crippen LogP contribution is -1.95. The summed E-state index contributed by atoms with van der Waals surface area (Å²) in [5.41, 5.74) is 15.3. The van der Waals surface area contributed by atoms with E-state index in [9.17, 15) is 0 Å². The van der Waals surface area contributed by atoms with Crippen LogP contribution in [0.4, 0.5) is 0 Å². The predicted octanol–water partition coefficient (Wildman–Crippen LogP) is 16.1. The molecule has 4 heteroatoms. The fourth-order valence-corrected chi connectivity index (χ4v) is 9.68. The zero-order chi connectivity index (χ0) is 40.7. The Bertz CT molecular complexity index is 3880. The summed E-state index contributed by atoms with van der Waals surface area (Å²) in [4.78, 5) is 10.8. The molecule has 13 rings (SSSR count). The summed E-state index contributed by atoms with van der Waals surface area (Å²) >= 11 is 0. The maximum Gasteiger partial charge on any atom is 0.143 e. The Hall–Kier alpha value is -8.34. The molecule has 0 saturated carbocycles. The first-order valence-corrected chi connectivity index (χ1v) is 21.0. The molecule has 0 aliphatic carbocycles. The minimum atomic E-state index is 0.774. The Morgan fingerprint density at radius 2 is 0.694 bits per heavy atom. The molecule has 0 unspecified atom stereocenters. The summed E-state index contributed by atoms with van der Waals surface area (Å²) in [5.74, 6) is 0. The van der Waals surface area contributed by atoms with Crippen molar-refractivity contribution in [2.45, 2.75) is 0 Å². The zero-order valence-electron chi connectivity index (χ0n) is 33.3. The van der Waals surface area contributed by atoms with Crippen LogP contribution in [0.15, 0.2) is 215 Å². The average molecular weight is 791 g/mol. The number of nitrogens with zero attached hydrogens (tertiary/aromatic N) is 2. The van der Waals surface area contributed by atoms with E-state index in [4.69, 9.17) is 18.8 Å². The number of para-hydroxylation sites is 4. The van der Waals surface area contributed by atoms with Crippen molar-refractivity contribution >= 4 is 76.5 Å². The van der Waals surface area contributed by atoms with Gasteiger partial charge in [-0.1, -0.05) is 194 Å². The molecule has 3 heterocycles. The van der Waals surface area contributed by atoms with Crippen LogP contribution in [0.5, 0.6) is 0 Å². The standard InChI is InChI=1S/C58H34N2O2/c1-3-15-35(16-4-1)38-23-11-27-47-48-29-13-25-40(57(48)61-55(38)47)37-31-32-43(46-26-14-30-50-49-28-12-24-39(56(49)62-58(46)50)36-17-5-2-6-18-36)51(33-37)52-34-59-53-44-21-9-7-19-41(44)42-20-8-10-22-45(42)54(53)60-52/h1-34H. The van der Waals surface area contributed by atoms with Crippen molar-refractivity contribution in [3.8, 4) is 55.8 Å². The first-order valence-electron chi connectivity index (χ1n) is 21.0. The van der Waals surface area contributed by atoms with Gasteiger partial charge in [-0.05, 0) is 39.1 Å². The van der Waals surface area contributed by atoms with E-state index >= 15 is 0 Å². The second-order valence-electron chi connectivity index (χ2n) is 16.0. The van der Waals surface area contributed by atoms with E-state index in [0.29, 0.717) is 0 Å². The van der Waals surface area contributed by atoms with Gasteiger partial charge in [0.1, 0.15) is 22.3 Å². The van der Waals surface area contributed by atoms with Gasteiger partial charge in [0, 0.05) is 60.1 Å². The van der Waals surface area contributed by atoms with Gasteiger partial charge in [-0.25, -0.2) is 4.98 Å². The quantitative estimate of drug-likeness (QED) is 0.163. The lowest BCUT2D eigenvalue weighted by molar-refractivity contribution is 0.670. The molecule has 0 spiro atoms. The van der Waals surface area contributed by atoms with Crippen LogP contribution in [0.25, 0.3) is 132 Å². The van der Waals surface area contributed by atoms with E-state index in [-0.39, 0.29) is 0 Å². The van der Waals surface area contributed by atoms with Gasteiger partial charge in [0.15, 0.2) is 0 Å². The van der Waals surface area contributed by atoms with Crippen LogP contribution in [0.3, 0.4) is 0 Å². The highest BCUT2D eigenvalue weighted by Gasteiger charge is 2.22. The minimum Gasteiger partial charge on any atom is -0.455 e. The van der Waals surface area contributed by atoms with Crippen molar-refractivity contribution < 1.29 is 8.83 Å². The van der Waals surface area contributed by atoms with E-state index in [2.05, 4.69) is 188 Å². The molecule has 0 N–H and O–H groups in total. The van der Waals surface area contributed by atoms with Crippen LogP contribution in [-0.2, 0) is 0 Å². The Kier molecular flexibility index (Phi) is 7.57. The van der Waals surface area contributed by atoms with Gasteiger partial charge in [0.05, 0.1) is 22.9 Å². The Morgan fingerprint density at radius 1 is 0.274 bits per heavy atom. The highest BCUT2D eigenvalue weighted by Crippen LogP contribution is 2.46. The first-order chi connectivity index (χ1) is 30.8. The largest absolute Gasteiger partial charge is 0.455 e. The van der Waals surface area contributed by atoms with Crippen molar-refractivity contribution in [3.05, 3.63) is 206 Å². The average Bonchev–Trinajstić information content (AvgIpc) is 3.94. The SMILES string of the molecule is c1ccc(-c2cccc3c2oc2c(-c4ccc(-c5cccc6c5oc5c(-c7ccccc7)cccc56)c(-c5cnc6c7ccccc7c7ccccc7c6n5)c4)cccc23)cc1. The first kappa shape index (κ1) is 34.5. The van der Waals surface area contributed by atoms with Gasteiger partial charge < -0.3 is 8.83 Å². The summed E-state index contributed by atoms with van der Waals surface area (Å²) < 4.78 is 13.9. The topological polar surface area (TPSA) is 52.1 Å². The van der Waals surface area contributed by atoms with Gasteiger partial charge in [0.2, 0.25) is 0 Å². The highest BCUT2D eigenvalue weighted by atomic mass is 16.3. The molecular weight excluding hydrogens is 757 g/mol. The number of fused-ring (bicyclic) bond motifs is 12. The number of hydrogen-bond donors (Lipinski definition) is 0. The second-order valence-corrected chi connectivity index (χ2v) is 16.0. The lowest BCUT2D eigenvalue weighted by Gasteiger charge is -2.15. The Balaban J connectivity index is 1.08. The second kappa shape index (κ2) is 13.6. The summed E-state index contributed by atoms with van der Waals surface area (Å²) in [5, 5.41) is 8.79. The zero-order valence-corrected chi connectivity index (χ0v) is 33.3. The third-order valence-electron chi connectivity index (χ3n) is 12.5. The Morgan fingerprint density at radius 3 is 1.23 bits per heavy atom. The maximum absolute atomic E-state index is 6.99. The third kappa shape index (κ3) is 5.20. The van der Waals surface area contributed by atoms with Crippen molar-refractivity contribution in [2.24, 2.45) is 0 Å². The summed E-state index contributed by atoms with van der Waals surface area (Å²) in [7, 11) is 0. The molecule has 3 aromatic heterocycles. The van der Waals surface area contributed by atoms with E-state index in [1.807, 2.05) is 18.3 Å². The fourth-order valence-electron chi connectivity index (χ4n) is 9.68. The van der Waals surface area contributed by atoms with Crippen LogP contribution in [0.1, 0.15) is 0 Å². The number of benzene rings is 10. The smallest absolute Gasteiger partial charge is 0.143 e. The molecule has 4 nitrogen and oxygen atoms in total. The van der Waals surface area contributed by atoms with Crippen molar-refractivity contribution in [3.63, 3.8) is 0 Å². The number of furan rings is 2. The van der Waals surface area contributed by atoms with Gasteiger partial charge >= 0.3 is 0 Å². The van der Waals surface area contributed by atoms with Gasteiger partial charge in [-0.15, -0.1) is 0 Å². The van der Waals surface area contributed by atoms with Crippen LogP contribution < -0.4 is 0 Å². The van der Waals surface area contributed by atoms with E-state index in [0.717, 1.165) is 127 Å². The van der Waals surface area contributed by atoms with Crippen LogP contribution in [-0.4, -0.2) is 9.97 Å².